The molecule has 35 heavy (non-hydrogen) atoms. The molecule has 0 amide bonds. The molecule has 180 valence electrons. The van der Waals surface area contributed by atoms with Gasteiger partial charge in [-0.25, -0.2) is 27.2 Å². The third-order valence-corrected chi connectivity index (χ3v) is 6.65. The van der Waals surface area contributed by atoms with Gasteiger partial charge in [-0.3, -0.25) is 4.72 Å². The van der Waals surface area contributed by atoms with Gasteiger partial charge in [0.2, 0.25) is 11.8 Å². The fraction of sp³-hybridized carbons (Fsp3) is 0.174. The van der Waals surface area contributed by atoms with Crippen molar-refractivity contribution in [2.75, 3.05) is 17.6 Å². The molecule has 9 nitrogen and oxygen atoms in total. The summed E-state index contributed by atoms with van der Waals surface area (Å²) in [4.78, 5) is 7.79. The first-order valence-corrected chi connectivity index (χ1v) is 11.9. The molecule has 0 radical (unpaired) electrons. The van der Waals surface area contributed by atoms with E-state index in [0.29, 0.717) is 48.0 Å². The standard InChI is InChI=1S/C23H20F2N6O3S/c1-34-22-19(30-35(32,33)21-7-5-16(24)12-17(21)25)10-15(13-28-22)14-4-6-18-20(11-14)31(23(27)29-18)9-3-2-8-26/h4-7,10-13,30H,2-3,9H2,1H3,(H2,27,29). The van der Waals surface area contributed by atoms with Crippen molar-refractivity contribution in [1.29, 1.82) is 5.26 Å². The van der Waals surface area contributed by atoms with E-state index in [1.807, 2.05) is 6.07 Å². The molecule has 0 aliphatic heterocycles. The lowest BCUT2D eigenvalue weighted by atomic mass is 10.1. The number of benzene rings is 2. The average molecular weight is 499 g/mol. The first kappa shape index (κ1) is 23.9. The van der Waals surface area contributed by atoms with Crippen molar-refractivity contribution in [2.45, 2.75) is 24.3 Å². The van der Waals surface area contributed by atoms with Crippen LogP contribution in [0, 0.1) is 23.0 Å². The Morgan fingerprint density at radius 1 is 1.17 bits per heavy atom. The highest BCUT2D eigenvalue weighted by Gasteiger charge is 2.22. The topological polar surface area (TPSA) is 136 Å². The van der Waals surface area contributed by atoms with Crippen molar-refractivity contribution in [3.63, 3.8) is 0 Å². The zero-order chi connectivity index (χ0) is 25.2. The number of aryl methyl sites for hydroxylation is 1. The molecule has 0 spiro atoms. The molecule has 4 rings (SSSR count). The van der Waals surface area contributed by atoms with Crippen LogP contribution in [0.5, 0.6) is 5.88 Å². The number of unbranched alkanes of at least 4 members (excludes halogenated alkanes) is 1. The maximum atomic E-state index is 14.1. The highest BCUT2D eigenvalue weighted by Crippen LogP contribution is 2.32. The molecule has 12 heteroatoms. The minimum absolute atomic E-state index is 0.0316. The van der Waals surface area contributed by atoms with Crippen LogP contribution in [0.15, 0.2) is 53.6 Å². The monoisotopic (exact) mass is 498 g/mol. The molecule has 0 unspecified atom stereocenters. The highest BCUT2D eigenvalue weighted by molar-refractivity contribution is 7.92. The van der Waals surface area contributed by atoms with Crippen LogP contribution in [0.3, 0.4) is 0 Å². The minimum atomic E-state index is -4.41. The number of nitrogen functional groups attached to an aromatic ring is 1. The van der Waals surface area contributed by atoms with Gasteiger partial charge in [-0.15, -0.1) is 0 Å². The van der Waals surface area contributed by atoms with Crippen molar-refractivity contribution < 1.29 is 21.9 Å². The summed E-state index contributed by atoms with van der Waals surface area (Å²) in [7, 11) is -3.10. The van der Waals surface area contributed by atoms with Crippen LogP contribution in [0.4, 0.5) is 20.4 Å². The second kappa shape index (κ2) is 9.55. The van der Waals surface area contributed by atoms with Crippen LogP contribution in [0.2, 0.25) is 0 Å². The number of rotatable bonds is 8. The number of pyridine rings is 1. The van der Waals surface area contributed by atoms with Gasteiger partial charge in [0, 0.05) is 30.8 Å². The lowest BCUT2D eigenvalue weighted by Gasteiger charge is -2.13. The van der Waals surface area contributed by atoms with E-state index >= 15 is 0 Å². The maximum Gasteiger partial charge on any atom is 0.264 e. The molecule has 0 aliphatic rings. The lowest BCUT2D eigenvalue weighted by molar-refractivity contribution is 0.400. The van der Waals surface area contributed by atoms with Crippen molar-refractivity contribution in [3.8, 4) is 23.1 Å². The largest absolute Gasteiger partial charge is 0.480 e. The second-order valence-corrected chi connectivity index (χ2v) is 9.20. The minimum Gasteiger partial charge on any atom is -0.480 e. The van der Waals surface area contributed by atoms with Gasteiger partial charge in [0.25, 0.3) is 10.0 Å². The van der Waals surface area contributed by atoms with Crippen molar-refractivity contribution in [1.82, 2.24) is 14.5 Å². The number of sulfonamides is 1. The first-order valence-electron chi connectivity index (χ1n) is 10.4. The first-order chi connectivity index (χ1) is 16.7. The van der Waals surface area contributed by atoms with E-state index in [-0.39, 0.29) is 11.6 Å². The fourth-order valence-corrected chi connectivity index (χ4v) is 4.72. The molecule has 4 aromatic rings. The number of hydrogen-bond donors (Lipinski definition) is 2. The number of halogens is 2. The van der Waals surface area contributed by atoms with Gasteiger partial charge in [-0.05, 0) is 42.3 Å². The number of methoxy groups -OCH3 is 1. The van der Waals surface area contributed by atoms with E-state index in [0.717, 1.165) is 17.6 Å². The normalized spacial score (nSPS) is 11.4. The molecule has 0 saturated heterocycles. The lowest BCUT2D eigenvalue weighted by Crippen LogP contribution is -2.15. The number of nitrogens with one attached hydrogen (secondary N) is 1. The molecular formula is C23H20F2N6O3S. The number of anilines is 2. The van der Waals surface area contributed by atoms with Gasteiger partial charge < -0.3 is 15.0 Å². The van der Waals surface area contributed by atoms with Crippen LogP contribution in [-0.2, 0) is 16.6 Å². The summed E-state index contributed by atoms with van der Waals surface area (Å²) in [5, 5.41) is 8.81. The van der Waals surface area contributed by atoms with E-state index in [9.17, 15) is 17.2 Å². The smallest absolute Gasteiger partial charge is 0.264 e. The van der Waals surface area contributed by atoms with Gasteiger partial charge in [-0.1, -0.05) is 6.07 Å². The summed E-state index contributed by atoms with van der Waals surface area (Å²) in [6.07, 6.45) is 2.47. The molecule has 0 saturated carbocycles. The summed E-state index contributed by atoms with van der Waals surface area (Å²) in [6.45, 7) is 0.508. The third-order valence-electron chi connectivity index (χ3n) is 5.25. The third kappa shape index (κ3) is 4.85. The number of nitrogens with zero attached hydrogens (tertiary/aromatic N) is 4. The molecule has 0 aliphatic carbocycles. The van der Waals surface area contributed by atoms with Crippen molar-refractivity contribution in [3.05, 3.63) is 60.3 Å². The number of nitrogens with two attached hydrogens (primary N) is 1. The number of aromatic nitrogens is 3. The maximum absolute atomic E-state index is 14.1. The predicted octanol–water partition coefficient (Wildman–Crippen LogP) is 4.07. The molecular weight excluding hydrogens is 478 g/mol. The van der Waals surface area contributed by atoms with E-state index in [4.69, 9.17) is 15.7 Å². The summed E-state index contributed by atoms with van der Waals surface area (Å²) in [5.41, 5.74) is 8.63. The Morgan fingerprint density at radius 3 is 2.69 bits per heavy atom. The number of imidazole rings is 1. The van der Waals surface area contributed by atoms with Crippen LogP contribution < -0.4 is 15.2 Å². The van der Waals surface area contributed by atoms with Gasteiger partial charge in [0.1, 0.15) is 22.2 Å². The van der Waals surface area contributed by atoms with Crippen molar-refractivity contribution in [2.24, 2.45) is 0 Å². The van der Waals surface area contributed by atoms with Crippen LogP contribution in [0.25, 0.3) is 22.2 Å². The Bertz CT molecular complexity index is 1560. The van der Waals surface area contributed by atoms with Crippen LogP contribution >= 0.6 is 0 Å². The molecule has 2 aromatic carbocycles. The van der Waals surface area contributed by atoms with Crippen molar-refractivity contribution >= 4 is 32.7 Å². The van der Waals surface area contributed by atoms with Gasteiger partial charge in [0.05, 0.1) is 24.2 Å². The Balaban J connectivity index is 1.73. The van der Waals surface area contributed by atoms with Gasteiger partial charge >= 0.3 is 0 Å². The Labute approximate surface area is 199 Å². The van der Waals surface area contributed by atoms with E-state index < -0.39 is 26.6 Å². The molecule has 0 fully saturated rings. The Hall–Kier alpha value is -4.24. The van der Waals surface area contributed by atoms with Crippen LogP contribution in [0.1, 0.15) is 12.8 Å². The predicted molar refractivity (Wildman–Crippen MR) is 126 cm³/mol. The molecule has 2 aromatic heterocycles. The molecule has 0 bridgehead atoms. The zero-order valence-corrected chi connectivity index (χ0v) is 19.3. The number of hydrogen-bond acceptors (Lipinski definition) is 7. The van der Waals surface area contributed by atoms with E-state index in [2.05, 4.69) is 20.8 Å². The van der Waals surface area contributed by atoms with E-state index in [1.165, 1.54) is 19.4 Å². The van der Waals surface area contributed by atoms with Crippen LogP contribution in [-0.4, -0.2) is 30.1 Å². The second-order valence-electron chi connectivity index (χ2n) is 7.55. The Morgan fingerprint density at radius 2 is 1.97 bits per heavy atom. The number of ether oxygens (including phenoxy) is 1. The quantitative estimate of drug-likeness (QED) is 0.350. The fourth-order valence-electron chi connectivity index (χ4n) is 3.61. The average Bonchev–Trinajstić information content (AvgIpc) is 3.13. The summed E-state index contributed by atoms with van der Waals surface area (Å²) in [5.74, 6) is -1.84. The number of fused-ring (bicyclic) bond motifs is 1. The van der Waals surface area contributed by atoms with E-state index in [1.54, 1.807) is 16.7 Å². The zero-order valence-electron chi connectivity index (χ0n) is 18.5. The molecule has 0 atom stereocenters. The summed E-state index contributed by atoms with van der Waals surface area (Å²) >= 11 is 0. The van der Waals surface area contributed by atoms with Gasteiger partial charge in [0.15, 0.2) is 0 Å². The molecule has 2 heterocycles. The summed E-state index contributed by atoms with van der Waals surface area (Å²) < 4.78 is 62.2. The van der Waals surface area contributed by atoms with Gasteiger partial charge in [-0.2, -0.15) is 5.26 Å². The highest BCUT2D eigenvalue weighted by atomic mass is 32.2. The SMILES string of the molecule is COc1ncc(-c2ccc3nc(N)n(CCCC#N)c3c2)cc1NS(=O)(=O)c1ccc(F)cc1F. The Kier molecular flexibility index (Phi) is 6.52. The summed E-state index contributed by atoms with van der Waals surface area (Å²) in [6, 6.07) is 11.1. The molecule has 3 N–H and O–H groups in total. The number of nitriles is 1.